The molecule has 0 bridgehead atoms. The van der Waals surface area contributed by atoms with Gasteiger partial charge in [0.25, 0.3) is 5.69 Å². The third-order valence-corrected chi connectivity index (χ3v) is 3.23. The van der Waals surface area contributed by atoms with Gasteiger partial charge in [0.1, 0.15) is 5.82 Å². The van der Waals surface area contributed by atoms with E-state index in [9.17, 15) is 10.1 Å². The van der Waals surface area contributed by atoms with E-state index in [1.54, 1.807) is 6.20 Å². The Bertz CT molecular complexity index is 557. The summed E-state index contributed by atoms with van der Waals surface area (Å²) >= 11 is 1.51. The van der Waals surface area contributed by atoms with Crippen LogP contribution in [0.4, 0.5) is 11.5 Å². The van der Waals surface area contributed by atoms with Crippen molar-refractivity contribution in [3.05, 3.63) is 44.5 Å². The molecule has 7 heteroatoms. The Morgan fingerprint density at radius 2 is 2.32 bits per heavy atom. The summed E-state index contributed by atoms with van der Waals surface area (Å²) in [5.74, 6) is 0.544. The Morgan fingerprint density at radius 3 is 2.95 bits per heavy atom. The molecule has 2 heterocycles. The SMILES string of the molecule is CCCNc1cc([N+](=O)[O-])cc(Cc2nccs2)n1. The maximum absolute atomic E-state index is 10.9. The standard InChI is InChI=1S/C12H14N4O2S/c1-2-3-13-11-8-10(16(17)18)6-9(15-11)7-12-14-4-5-19-12/h4-6,8H,2-3,7H2,1H3,(H,13,15). The van der Waals surface area contributed by atoms with Crippen LogP contribution in [0, 0.1) is 10.1 Å². The first-order chi connectivity index (χ1) is 9.19. The topological polar surface area (TPSA) is 81.0 Å². The fourth-order valence-electron chi connectivity index (χ4n) is 1.61. The molecule has 0 spiro atoms. The largest absolute Gasteiger partial charge is 0.370 e. The Hall–Kier alpha value is -2.02. The van der Waals surface area contributed by atoms with Crippen molar-refractivity contribution in [3.63, 3.8) is 0 Å². The number of hydrogen-bond donors (Lipinski definition) is 1. The van der Waals surface area contributed by atoms with E-state index in [1.807, 2.05) is 12.3 Å². The van der Waals surface area contributed by atoms with Crippen molar-refractivity contribution in [2.75, 3.05) is 11.9 Å². The van der Waals surface area contributed by atoms with Gasteiger partial charge in [0, 0.05) is 30.6 Å². The number of nitrogens with one attached hydrogen (secondary N) is 1. The minimum atomic E-state index is -0.399. The molecule has 1 N–H and O–H groups in total. The number of pyridine rings is 1. The molecule has 19 heavy (non-hydrogen) atoms. The summed E-state index contributed by atoms with van der Waals surface area (Å²) in [6.45, 7) is 2.77. The number of nitrogens with zero attached hydrogens (tertiary/aromatic N) is 3. The fraction of sp³-hybridized carbons (Fsp3) is 0.333. The molecule has 0 saturated heterocycles. The molecule has 2 rings (SSSR count). The summed E-state index contributed by atoms with van der Waals surface area (Å²) in [5.41, 5.74) is 0.711. The fourth-order valence-corrected chi connectivity index (χ4v) is 2.24. The zero-order chi connectivity index (χ0) is 13.7. The van der Waals surface area contributed by atoms with E-state index in [0.29, 0.717) is 17.9 Å². The van der Waals surface area contributed by atoms with Crippen molar-refractivity contribution in [2.45, 2.75) is 19.8 Å². The number of rotatable bonds is 6. The molecule has 0 saturated carbocycles. The van der Waals surface area contributed by atoms with Gasteiger partial charge in [-0.2, -0.15) is 0 Å². The summed E-state index contributed by atoms with van der Waals surface area (Å²) in [6, 6.07) is 2.96. The average Bonchev–Trinajstić information content (AvgIpc) is 2.89. The molecule has 0 aliphatic heterocycles. The van der Waals surface area contributed by atoms with E-state index < -0.39 is 4.92 Å². The molecular weight excluding hydrogens is 264 g/mol. The molecule has 0 radical (unpaired) electrons. The lowest BCUT2D eigenvalue weighted by Gasteiger charge is -2.06. The number of hydrogen-bond acceptors (Lipinski definition) is 6. The zero-order valence-corrected chi connectivity index (χ0v) is 11.3. The second-order valence-corrected chi connectivity index (χ2v) is 4.97. The highest BCUT2D eigenvalue weighted by molar-refractivity contribution is 7.09. The van der Waals surface area contributed by atoms with E-state index >= 15 is 0 Å². The van der Waals surface area contributed by atoms with Crippen LogP contribution in [0.25, 0.3) is 0 Å². The van der Waals surface area contributed by atoms with Crippen LogP contribution in [0.3, 0.4) is 0 Å². The van der Waals surface area contributed by atoms with Crippen LogP contribution in [0.5, 0.6) is 0 Å². The van der Waals surface area contributed by atoms with Gasteiger partial charge in [-0.3, -0.25) is 10.1 Å². The highest BCUT2D eigenvalue weighted by Crippen LogP contribution is 2.20. The lowest BCUT2D eigenvalue weighted by Crippen LogP contribution is -2.05. The minimum Gasteiger partial charge on any atom is -0.370 e. The van der Waals surface area contributed by atoms with Crippen LogP contribution in [0.15, 0.2) is 23.7 Å². The molecule has 0 fully saturated rings. The van der Waals surface area contributed by atoms with E-state index in [2.05, 4.69) is 15.3 Å². The maximum Gasteiger partial charge on any atom is 0.274 e. The van der Waals surface area contributed by atoms with E-state index in [-0.39, 0.29) is 5.69 Å². The second kappa shape index (κ2) is 6.24. The zero-order valence-electron chi connectivity index (χ0n) is 10.5. The van der Waals surface area contributed by atoms with E-state index in [0.717, 1.165) is 18.0 Å². The predicted molar refractivity (Wildman–Crippen MR) is 74.6 cm³/mol. The predicted octanol–water partition coefficient (Wildman–Crippen LogP) is 2.86. The highest BCUT2D eigenvalue weighted by Gasteiger charge is 2.12. The number of anilines is 1. The van der Waals surface area contributed by atoms with Gasteiger partial charge in [0.2, 0.25) is 0 Å². The number of thiazole rings is 1. The van der Waals surface area contributed by atoms with Gasteiger partial charge in [0.05, 0.1) is 21.7 Å². The van der Waals surface area contributed by atoms with Crippen molar-refractivity contribution in [1.82, 2.24) is 9.97 Å². The summed E-state index contributed by atoms with van der Waals surface area (Å²) in [6.07, 6.45) is 3.17. The van der Waals surface area contributed by atoms with Crippen LogP contribution < -0.4 is 5.32 Å². The Morgan fingerprint density at radius 1 is 1.47 bits per heavy atom. The molecule has 0 unspecified atom stereocenters. The Kier molecular flexibility index (Phi) is 4.40. The Labute approximate surface area is 114 Å². The summed E-state index contributed by atoms with van der Waals surface area (Å²) < 4.78 is 0. The lowest BCUT2D eigenvalue weighted by molar-refractivity contribution is -0.384. The molecule has 2 aromatic heterocycles. The van der Waals surface area contributed by atoms with Crippen LogP contribution in [-0.4, -0.2) is 21.4 Å². The quantitative estimate of drug-likeness (QED) is 0.649. The van der Waals surface area contributed by atoms with Crippen molar-refractivity contribution in [1.29, 1.82) is 0 Å². The van der Waals surface area contributed by atoms with E-state index in [4.69, 9.17) is 0 Å². The molecule has 0 aliphatic carbocycles. The van der Waals surface area contributed by atoms with Crippen LogP contribution in [-0.2, 0) is 6.42 Å². The van der Waals surface area contributed by atoms with Gasteiger partial charge in [0.15, 0.2) is 0 Å². The molecule has 2 aromatic rings. The lowest BCUT2D eigenvalue weighted by atomic mass is 10.2. The summed E-state index contributed by atoms with van der Waals surface area (Å²) in [5, 5.41) is 16.8. The first kappa shape index (κ1) is 13.4. The molecule has 0 atom stereocenters. The molecule has 0 aromatic carbocycles. The maximum atomic E-state index is 10.9. The van der Waals surface area contributed by atoms with Crippen molar-refractivity contribution >= 4 is 22.8 Å². The van der Waals surface area contributed by atoms with Crippen molar-refractivity contribution in [3.8, 4) is 0 Å². The van der Waals surface area contributed by atoms with Crippen LogP contribution >= 0.6 is 11.3 Å². The second-order valence-electron chi connectivity index (χ2n) is 3.99. The third-order valence-electron chi connectivity index (χ3n) is 2.45. The van der Waals surface area contributed by atoms with Crippen molar-refractivity contribution in [2.24, 2.45) is 0 Å². The molecule has 6 nitrogen and oxygen atoms in total. The van der Waals surface area contributed by atoms with Crippen molar-refractivity contribution < 1.29 is 4.92 Å². The third kappa shape index (κ3) is 3.72. The monoisotopic (exact) mass is 278 g/mol. The van der Waals surface area contributed by atoms with Gasteiger partial charge >= 0.3 is 0 Å². The summed E-state index contributed by atoms with van der Waals surface area (Å²) in [4.78, 5) is 19.1. The number of aromatic nitrogens is 2. The van der Waals surface area contributed by atoms with Gasteiger partial charge < -0.3 is 5.32 Å². The smallest absolute Gasteiger partial charge is 0.274 e. The van der Waals surface area contributed by atoms with Gasteiger partial charge in [-0.05, 0) is 6.42 Å². The van der Waals surface area contributed by atoms with Gasteiger partial charge in [-0.15, -0.1) is 11.3 Å². The number of nitro groups is 1. The molecule has 100 valence electrons. The average molecular weight is 278 g/mol. The highest BCUT2D eigenvalue weighted by atomic mass is 32.1. The van der Waals surface area contributed by atoms with Crippen LogP contribution in [0.1, 0.15) is 24.0 Å². The first-order valence-electron chi connectivity index (χ1n) is 5.96. The summed E-state index contributed by atoms with van der Waals surface area (Å²) in [7, 11) is 0. The molecule has 0 amide bonds. The minimum absolute atomic E-state index is 0.0557. The van der Waals surface area contributed by atoms with Crippen LogP contribution in [0.2, 0.25) is 0 Å². The normalized spacial score (nSPS) is 10.4. The van der Waals surface area contributed by atoms with E-state index in [1.165, 1.54) is 23.5 Å². The molecule has 0 aliphatic rings. The molecular formula is C12H14N4O2S. The van der Waals surface area contributed by atoms with Gasteiger partial charge in [-0.25, -0.2) is 9.97 Å². The Balaban J connectivity index is 2.25. The first-order valence-corrected chi connectivity index (χ1v) is 6.84. The van der Waals surface area contributed by atoms with Gasteiger partial charge in [-0.1, -0.05) is 6.92 Å².